The average molecular weight is 300 g/mol. The molecule has 1 amide bonds. The van der Waals surface area contributed by atoms with Crippen LogP contribution in [0.1, 0.15) is 17.2 Å². The van der Waals surface area contributed by atoms with Crippen molar-refractivity contribution >= 4 is 29.3 Å². The maximum absolute atomic E-state index is 11.8. The smallest absolute Gasteiger partial charge is 0.248 e. The Bertz CT molecular complexity index is 441. The van der Waals surface area contributed by atoms with Crippen LogP contribution in [0.2, 0.25) is 5.02 Å². The predicted octanol–water partition coefficient (Wildman–Crippen LogP) is 2.99. The van der Waals surface area contributed by atoms with Crippen molar-refractivity contribution in [1.82, 2.24) is 4.90 Å². The Morgan fingerprint density at radius 1 is 1.47 bits per heavy atom. The molecular weight excluding hydrogens is 282 g/mol. The maximum Gasteiger partial charge on any atom is 0.248 e. The van der Waals surface area contributed by atoms with Gasteiger partial charge in [-0.25, -0.2) is 0 Å². The lowest BCUT2D eigenvalue weighted by atomic mass is 10.1. The minimum Gasteiger partial charge on any atom is -0.375 e. The molecule has 1 aromatic rings. The van der Waals surface area contributed by atoms with Gasteiger partial charge < -0.3 is 9.64 Å². The summed E-state index contributed by atoms with van der Waals surface area (Å²) in [5.41, 5.74) is 1.18. The van der Waals surface area contributed by atoms with Gasteiger partial charge in [0.1, 0.15) is 6.61 Å². The number of hydrogen-bond acceptors (Lipinski definition) is 3. The summed E-state index contributed by atoms with van der Waals surface area (Å²) in [6.45, 7) is 1.72. The summed E-state index contributed by atoms with van der Waals surface area (Å²) in [5, 5.41) is 1.19. The molecule has 1 heterocycles. The summed E-state index contributed by atoms with van der Waals surface area (Å²) < 4.78 is 4.91. The molecule has 1 aromatic carbocycles. The third kappa shape index (κ3) is 3.88. The highest BCUT2D eigenvalue weighted by Crippen LogP contribution is 2.37. The van der Waals surface area contributed by atoms with Gasteiger partial charge in [-0.05, 0) is 18.1 Å². The van der Waals surface area contributed by atoms with E-state index < -0.39 is 0 Å². The number of ether oxygens (including phenoxy) is 1. The van der Waals surface area contributed by atoms with E-state index in [1.54, 1.807) is 7.11 Å². The fourth-order valence-electron chi connectivity index (χ4n) is 2.22. The van der Waals surface area contributed by atoms with Crippen molar-refractivity contribution in [2.45, 2.75) is 11.7 Å². The van der Waals surface area contributed by atoms with Gasteiger partial charge in [0.05, 0.1) is 0 Å². The molecule has 104 valence electrons. The van der Waals surface area contributed by atoms with Crippen LogP contribution in [0.3, 0.4) is 0 Å². The van der Waals surface area contributed by atoms with E-state index in [9.17, 15) is 4.79 Å². The normalized spacial score (nSPS) is 20.1. The second kappa shape index (κ2) is 7.17. The van der Waals surface area contributed by atoms with Crippen molar-refractivity contribution in [3.05, 3.63) is 34.9 Å². The first-order valence-electron chi connectivity index (χ1n) is 6.35. The third-order valence-corrected chi connectivity index (χ3v) is 4.87. The lowest BCUT2D eigenvalue weighted by molar-refractivity contribution is -0.134. The highest BCUT2D eigenvalue weighted by atomic mass is 35.5. The number of halogens is 1. The first-order valence-corrected chi connectivity index (χ1v) is 7.78. The highest BCUT2D eigenvalue weighted by Gasteiger charge is 2.22. The molecule has 0 spiro atoms. The molecule has 19 heavy (non-hydrogen) atoms. The zero-order valence-electron chi connectivity index (χ0n) is 11.0. The first kappa shape index (κ1) is 14.7. The van der Waals surface area contributed by atoms with Gasteiger partial charge in [-0.3, -0.25) is 4.79 Å². The highest BCUT2D eigenvalue weighted by molar-refractivity contribution is 7.99. The predicted molar refractivity (Wildman–Crippen MR) is 79.7 cm³/mol. The van der Waals surface area contributed by atoms with E-state index in [1.807, 2.05) is 34.9 Å². The Kier molecular flexibility index (Phi) is 5.55. The first-order chi connectivity index (χ1) is 9.22. The van der Waals surface area contributed by atoms with Crippen molar-refractivity contribution in [2.75, 3.05) is 32.6 Å². The molecule has 0 radical (unpaired) electrons. The third-order valence-electron chi connectivity index (χ3n) is 3.21. The Morgan fingerprint density at radius 2 is 2.26 bits per heavy atom. The number of carbonyl (C=O) groups is 1. The number of amides is 1. The van der Waals surface area contributed by atoms with Gasteiger partial charge in [-0.15, -0.1) is 0 Å². The minimum atomic E-state index is 0.0721. The summed E-state index contributed by atoms with van der Waals surface area (Å²) >= 11 is 8.12. The molecule has 0 N–H and O–H groups in total. The van der Waals surface area contributed by atoms with Gasteiger partial charge in [0.25, 0.3) is 0 Å². The summed E-state index contributed by atoms with van der Waals surface area (Å²) in [7, 11) is 1.55. The van der Waals surface area contributed by atoms with Crippen molar-refractivity contribution < 1.29 is 9.53 Å². The zero-order valence-corrected chi connectivity index (χ0v) is 12.5. The average Bonchev–Trinajstić information content (AvgIpc) is 2.65. The number of rotatable bonds is 3. The molecule has 1 aliphatic rings. The largest absolute Gasteiger partial charge is 0.375 e. The van der Waals surface area contributed by atoms with Gasteiger partial charge in [0.15, 0.2) is 0 Å². The van der Waals surface area contributed by atoms with Crippen molar-refractivity contribution in [3.63, 3.8) is 0 Å². The fraction of sp³-hybridized carbons (Fsp3) is 0.500. The number of hydrogen-bond donors (Lipinski definition) is 0. The van der Waals surface area contributed by atoms with Crippen LogP contribution in [-0.2, 0) is 9.53 Å². The molecule has 1 atom stereocenters. The van der Waals surface area contributed by atoms with E-state index in [1.165, 1.54) is 5.56 Å². The summed E-state index contributed by atoms with van der Waals surface area (Å²) in [6.07, 6.45) is 0.934. The van der Waals surface area contributed by atoms with E-state index in [0.29, 0.717) is 5.25 Å². The van der Waals surface area contributed by atoms with Gasteiger partial charge in [-0.2, -0.15) is 11.8 Å². The molecule has 0 aliphatic carbocycles. The quantitative estimate of drug-likeness (QED) is 0.859. The van der Waals surface area contributed by atoms with Gasteiger partial charge in [0.2, 0.25) is 5.91 Å². The minimum absolute atomic E-state index is 0.0721. The molecule has 5 heteroatoms. The van der Waals surface area contributed by atoms with Crippen LogP contribution in [0.5, 0.6) is 0 Å². The Labute approximate surface area is 123 Å². The Balaban J connectivity index is 2.01. The molecular formula is C14H18ClNO2S. The summed E-state index contributed by atoms with van der Waals surface area (Å²) in [4.78, 5) is 13.7. The number of benzene rings is 1. The molecule has 0 aromatic heterocycles. The van der Waals surface area contributed by atoms with Gasteiger partial charge in [0, 0.05) is 36.2 Å². The zero-order chi connectivity index (χ0) is 13.7. The molecule has 1 aliphatic heterocycles. The van der Waals surface area contributed by atoms with E-state index in [0.717, 1.165) is 30.3 Å². The second-order valence-corrected chi connectivity index (χ2v) is 6.20. The molecule has 2 rings (SSSR count). The van der Waals surface area contributed by atoms with E-state index in [4.69, 9.17) is 16.3 Å². The molecule has 3 nitrogen and oxygen atoms in total. The summed E-state index contributed by atoms with van der Waals surface area (Å²) in [6, 6.07) is 7.96. The van der Waals surface area contributed by atoms with Crippen molar-refractivity contribution in [3.8, 4) is 0 Å². The number of nitrogens with zero attached hydrogens (tertiary/aromatic N) is 1. The van der Waals surface area contributed by atoms with Crippen LogP contribution < -0.4 is 0 Å². The SMILES string of the molecule is COCC(=O)N1CCS[C@H](c2ccccc2Cl)CC1. The van der Waals surface area contributed by atoms with E-state index >= 15 is 0 Å². The topological polar surface area (TPSA) is 29.5 Å². The van der Waals surface area contributed by atoms with E-state index in [-0.39, 0.29) is 12.5 Å². The number of methoxy groups -OCH3 is 1. The number of carbonyl (C=O) groups excluding carboxylic acids is 1. The van der Waals surface area contributed by atoms with Crippen LogP contribution in [0.15, 0.2) is 24.3 Å². The lowest BCUT2D eigenvalue weighted by Crippen LogP contribution is -2.35. The van der Waals surface area contributed by atoms with Crippen LogP contribution >= 0.6 is 23.4 Å². The fourth-order valence-corrected chi connectivity index (χ4v) is 3.82. The Hall–Kier alpha value is -0.710. The monoisotopic (exact) mass is 299 g/mol. The van der Waals surface area contributed by atoms with Crippen LogP contribution in [-0.4, -0.2) is 43.4 Å². The lowest BCUT2D eigenvalue weighted by Gasteiger charge is -2.20. The summed E-state index contributed by atoms with van der Waals surface area (Å²) in [5.74, 6) is 1.01. The molecule has 0 unspecified atom stereocenters. The van der Waals surface area contributed by atoms with Gasteiger partial charge in [-0.1, -0.05) is 29.8 Å². The van der Waals surface area contributed by atoms with Gasteiger partial charge >= 0.3 is 0 Å². The molecule has 1 saturated heterocycles. The molecule has 0 saturated carbocycles. The molecule has 1 fully saturated rings. The van der Waals surface area contributed by atoms with Crippen LogP contribution in [0, 0.1) is 0 Å². The second-order valence-electron chi connectivity index (χ2n) is 4.48. The maximum atomic E-state index is 11.8. The van der Waals surface area contributed by atoms with Crippen LogP contribution in [0.25, 0.3) is 0 Å². The Morgan fingerprint density at radius 3 is 3.00 bits per heavy atom. The molecule has 0 bridgehead atoms. The van der Waals surface area contributed by atoms with E-state index in [2.05, 4.69) is 6.07 Å². The van der Waals surface area contributed by atoms with Crippen LogP contribution in [0.4, 0.5) is 0 Å². The van der Waals surface area contributed by atoms with Crippen molar-refractivity contribution in [2.24, 2.45) is 0 Å². The number of thioether (sulfide) groups is 1. The standard InChI is InChI=1S/C14H18ClNO2S/c1-18-10-14(17)16-7-6-13(19-9-8-16)11-4-2-3-5-12(11)15/h2-5,13H,6-10H2,1H3/t13-/m0/s1. The van der Waals surface area contributed by atoms with Crippen molar-refractivity contribution in [1.29, 1.82) is 0 Å².